The zero-order valence-corrected chi connectivity index (χ0v) is 18.8. The number of nitrogens with one attached hydrogen (secondary N) is 2. The molecule has 0 aliphatic heterocycles. The number of carbonyl (C=O) groups excluding carboxylic acids is 2. The second-order valence-corrected chi connectivity index (χ2v) is 9.39. The van der Waals surface area contributed by atoms with Crippen LogP contribution in [0.4, 0.5) is 4.79 Å². The van der Waals surface area contributed by atoms with E-state index in [0.717, 1.165) is 37.4 Å². The van der Waals surface area contributed by atoms with Crippen LogP contribution in [0.5, 0.6) is 0 Å². The summed E-state index contributed by atoms with van der Waals surface area (Å²) in [5.41, 5.74) is 0.344. The number of benzene rings is 1. The number of hydrogen-bond donors (Lipinski definition) is 2. The van der Waals surface area contributed by atoms with Crippen LogP contribution >= 0.6 is 23.4 Å². The molecule has 0 atom stereocenters. The molecule has 0 radical (unpaired) electrons. The highest BCUT2D eigenvalue weighted by atomic mass is 35.5. The SMILES string of the molecule is CC(C)Cn1c(SCC(=O)NC(=O)NC2CCCCC2)nc2ccc(Cl)cc2c1=O. The molecule has 1 saturated carbocycles. The van der Waals surface area contributed by atoms with Crippen LogP contribution in [0.2, 0.25) is 5.02 Å². The predicted molar refractivity (Wildman–Crippen MR) is 120 cm³/mol. The van der Waals surface area contributed by atoms with Crippen molar-refractivity contribution in [2.75, 3.05) is 5.75 Å². The van der Waals surface area contributed by atoms with E-state index in [-0.39, 0.29) is 23.3 Å². The molecule has 1 aromatic heterocycles. The van der Waals surface area contributed by atoms with Gasteiger partial charge in [-0.25, -0.2) is 9.78 Å². The van der Waals surface area contributed by atoms with E-state index in [0.29, 0.717) is 27.6 Å². The molecular weight excluding hydrogens is 424 g/mol. The van der Waals surface area contributed by atoms with Gasteiger partial charge in [0.05, 0.1) is 16.7 Å². The van der Waals surface area contributed by atoms with E-state index in [4.69, 9.17) is 11.6 Å². The van der Waals surface area contributed by atoms with Gasteiger partial charge in [0, 0.05) is 17.6 Å². The van der Waals surface area contributed by atoms with Gasteiger partial charge in [-0.05, 0) is 37.0 Å². The first-order valence-electron chi connectivity index (χ1n) is 10.3. The molecule has 2 aromatic rings. The van der Waals surface area contributed by atoms with Crippen LogP contribution in [-0.4, -0.2) is 33.3 Å². The second-order valence-electron chi connectivity index (χ2n) is 8.01. The Balaban J connectivity index is 1.69. The summed E-state index contributed by atoms with van der Waals surface area (Å²) < 4.78 is 1.57. The number of imide groups is 1. The molecule has 1 aliphatic rings. The Morgan fingerprint density at radius 3 is 2.70 bits per heavy atom. The molecule has 1 aromatic carbocycles. The van der Waals surface area contributed by atoms with Gasteiger partial charge in [-0.2, -0.15) is 0 Å². The highest BCUT2D eigenvalue weighted by molar-refractivity contribution is 7.99. The van der Waals surface area contributed by atoms with Crippen molar-refractivity contribution in [2.45, 2.75) is 63.7 Å². The van der Waals surface area contributed by atoms with Gasteiger partial charge in [-0.1, -0.05) is 56.5 Å². The summed E-state index contributed by atoms with van der Waals surface area (Å²) in [5.74, 6) is -0.215. The van der Waals surface area contributed by atoms with E-state index < -0.39 is 11.9 Å². The van der Waals surface area contributed by atoms with Crippen molar-refractivity contribution in [1.29, 1.82) is 0 Å². The lowest BCUT2D eigenvalue weighted by Gasteiger charge is -2.22. The fourth-order valence-corrected chi connectivity index (χ4v) is 4.55. The fraction of sp³-hybridized carbons (Fsp3) is 0.524. The normalized spacial score (nSPS) is 14.8. The highest BCUT2D eigenvalue weighted by Gasteiger charge is 2.18. The number of aromatic nitrogens is 2. The quantitative estimate of drug-likeness (QED) is 0.513. The minimum atomic E-state index is -0.465. The smallest absolute Gasteiger partial charge is 0.321 e. The Bertz CT molecular complexity index is 986. The summed E-state index contributed by atoms with van der Waals surface area (Å²) in [4.78, 5) is 41.9. The fourth-order valence-electron chi connectivity index (χ4n) is 3.57. The molecule has 1 fully saturated rings. The topological polar surface area (TPSA) is 93.1 Å². The Morgan fingerprint density at radius 2 is 2.00 bits per heavy atom. The van der Waals surface area contributed by atoms with Crippen LogP contribution in [0.3, 0.4) is 0 Å². The van der Waals surface area contributed by atoms with Gasteiger partial charge >= 0.3 is 6.03 Å². The molecule has 0 unspecified atom stereocenters. The number of hydrogen-bond acceptors (Lipinski definition) is 5. The maximum absolute atomic E-state index is 13.0. The van der Waals surface area contributed by atoms with Gasteiger partial charge in [0.1, 0.15) is 0 Å². The summed E-state index contributed by atoms with van der Waals surface area (Å²) >= 11 is 7.18. The lowest BCUT2D eigenvalue weighted by atomic mass is 9.96. The largest absolute Gasteiger partial charge is 0.335 e. The number of rotatable bonds is 6. The second kappa shape index (κ2) is 10.3. The van der Waals surface area contributed by atoms with Crippen LogP contribution in [0, 0.1) is 5.92 Å². The summed E-state index contributed by atoms with van der Waals surface area (Å²) in [6.45, 7) is 4.48. The van der Waals surface area contributed by atoms with Gasteiger partial charge in [0.15, 0.2) is 5.16 Å². The minimum Gasteiger partial charge on any atom is -0.335 e. The van der Waals surface area contributed by atoms with Crippen molar-refractivity contribution in [3.05, 3.63) is 33.6 Å². The average molecular weight is 451 g/mol. The van der Waals surface area contributed by atoms with Crippen molar-refractivity contribution in [3.63, 3.8) is 0 Å². The number of carbonyl (C=O) groups is 2. The highest BCUT2D eigenvalue weighted by Crippen LogP contribution is 2.21. The van der Waals surface area contributed by atoms with E-state index >= 15 is 0 Å². The Labute approximate surface area is 185 Å². The van der Waals surface area contributed by atoms with Crippen molar-refractivity contribution in [2.24, 2.45) is 5.92 Å². The van der Waals surface area contributed by atoms with Crippen LogP contribution in [0.25, 0.3) is 10.9 Å². The molecule has 2 N–H and O–H groups in total. The van der Waals surface area contributed by atoms with Gasteiger partial charge in [0.2, 0.25) is 5.91 Å². The van der Waals surface area contributed by atoms with Gasteiger partial charge in [0.25, 0.3) is 5.56 Å². The minimum absolute atomic E-state index is 0.0122. The van der Waals surface area contributed by atoms with Crippen LogP contribution in [0.1, 0.15) is 46.0 Å². The van der Waals surface area contributed by atoms with Crippen LogP contribution < -0.4 is 16.2 Å². The molecular formula is C21H27ClN4O3S. The molecule has 0 saturated heterocycles. The maximum Gasteiger partial charge on any atom is 0.321 e. The standard InChI is InChI=1S/C21H27ClN4O3S/c1-13(2)11-26-19(28)16-10-14(22)8-9-17(16)24-21(26)30-12-18(27)25-20(29)23-15-6-4-3-5-7-15/h8-10,13,15H,3-7,11-12H2,1-2H3,(H2,23,25,27,29). The third-order valence-electron chi connectivity index (χ3n) is 4.95. The Hall–Kier alpha value is -2.06. The van der Waals surface area contributed by atoms with Crippen molar-refractivity contribution in [3.8, 4) is 0 Å². The van der Waals surface area contributed by atoms with Crippen molar-refractivity contribution in [1.82, 2.24) is 20.2 Å². The number of thioether (sulfide) groups is 1. The maximum atomic E-state index is 13.0. The van der Waals surface area contributed by atoms with Crippen LogP contribution in [0.15, 0.2) is 28.2 Å². The van der Waals surface area contributed by atoms with E-state index in [2.05, 4.69) is 15.6 Å². The van der Waals surface area contributed by atoms with Crippen molar-refractivity contribution >= 4 is 46.2 Å². The molecule has 30 heavy (non-hydrogen) atoms. The predicted octanol–water partition coefficient (Wildman–Crippen LogP) is 3.96. The van der Waals surface area contributed by atoms with Crippen molar-refractivity contribution < 1.29 is 9.59 Å². The first kappa shape index (κ1) is 22.6. The number of urea groups is 1. The monoisotopic (exact) mass is 450 g/mol. The molecule has 3 rings (SSSR count). The number of halogens is 1. The summed E-state index contributed by atoms with van der Waals surface area (Å²) in [6.07, 6.45) is 5.28. The van der Waals surface area contributed by atoms with E-state index in [1.165, 1.54) is 6.42 Å². The molecule has 162 valence electrons. The summed E-state index contributed by atoms with van der Waals surface area (Å²) in [5, 5.41) is 6.61. The lowest BCUT2D eigenvalue weighted by molar-refractivity contribution is -0.117. The number of nitrogens with zero attached hydrogens (tertiary/aromatic N) is 2. The molecule has 0 spiro atoms. The molecule has 0 bridgehead atoms. The molecule has 1 aliphatic carbocycles. The zero-order chi connectivity index (χ0) is 21.7. The zero-order valence-electron chi connectivity index (χ0n) is 17.2. The first-order valence-corrected chi connectivity index (χ1v) is 11.6. The Morgan fingerprint density at radius 1 is 1.27 bits per heavy atom. The van der Waals surface area contributed by atoms with E-state index in [1.54, 1.807) is 22.8 Å². The first-order chi connectivity index (χ1) is 14.3. The number of fused-ring (bicyclic) bond motifs is 1. The third-order valence-corrected chi connectivity index (χ3v) is 6.17. The lowest BCUT2D eigenvalue weighted by Crippen LogP contribution is -2.45. The Kier molecular flexibility index (Phi) is 7.77. The molecule has 3 amide bonds. The van der Waals surface area contributed by atoms with Gasteiger partial charge < -0.3 is 5.32 Å². The summed E-state index contributed by atoms with van der Waals surface area (Å²) in [6, 6.07) is 4.65. The molecule has 1 heterocycles. The molecule has 7 nitrogen and oxygen atoms in total. The van der Waals surface area contributed by atoms with Gasteiger partial charge in [-0.3, -0.25) is 19.5 Å². The van der Waals surface area contributed by atoms with Crippen LogP contribution in [-0.2, 0) is 11.3 Å². The average Bonchev–Trinajstić information content (AvgIpc) is 2.69. The molecule has 9 heteroatoms. The third kappa shape index (κ3) is 5.98. The van der Waals surface area contributed by atoms with E-state index in [9.17, 15) is 14.4 Å². The number of amides is 3. The summed E-state index contributed by atoms with van der Waals surface area (Å²) in [7, 11) is 0. The van der Waals surface area contributed by atoms with Gasteiger partial charge in [-0.15, -0.1) is 0 Å². The van der Waals surface area contributed by atoms with E-state index in [1.807, 2.05) is 13.8 Å².